The molecule has 0 spiro atoms. The highest BCUT2D eigenvalue weighted by molar-refractivity contribution is 6.00. The summed E-state index contributed by atoms with van der Waals surface area (Å²) in [6, 6.07) is 11.9. The standard InChI is InChI=1S/C26H25N9O/c1-28-26(36)16-5-8-18(9-6-16)35-25-21(23(27)31-14-32-25)22(34-35)17-4-3-15-7-10-19(33-20(15)13-17)24-29-11-2-12-30-24/h2-4,7,10-14,16,18H,5-6,8-9H2,1H3,(H,28,36)(H2,27,31,32). The molecule has 10 nitrogen and oxygen atoms in total. The lowest BCUT2D eigenvalue weighted by atomic mass is 9.85. The smallest absolute Gasteiger partial charge is 0.222 e. The molecular weight excluding hydrogens is 454 g/mol. The maximum Gasteiger partial charge on any atom is 0.222 e. The first kappa shape index (κ1) is 22.0. The fraction of sp³-hybridized carbons (Fsp3) is 0.269. The van der Waals surface area contributed by atoms with E-state index in [0.29, 0.717) is 23.0 Å². The highest BCUT2D eigenvalue weighted by atomic mass is 16.1. The third-order valence-corrected chi connectivity index (χ3v) is 6.94. The number of rotatable bonds is 4. The fourth-order valence-electron chi connectivity index (χ4n) is 5.06. The van der Waals surface area contributed by atoms with Crippen LogP contribution in [-0.4, -0.2) is 47.7 Å². The summed E-state index contributed by atoms with van der Waals surface area (Å²) in [6.07, 6.45) is 8.19. The average Bonchev–Trinajstić information content (AvgIpc) is 3.33. The number of nitrogens with two attached hydrogens (primary N) is 1. The van der Waals surface area contributed by atoms with E-state index >= 15 is 0 Å². The van der Waals surface area contributed by atoms with E-state index in [2.05, 4.69) is 25.3 Å². The van der Waals surface area contributed by atoms with Crippen molar-refractivity contribution in [2.75, 3.05) is 12.8 Å². The molecule has 0 saturated heterocycles. The number of nitrogen functional groups attached to an aromatic ring is 1. The second-order valence-electron chi connectivity index (χ2n) is 9.05. The Morgan fingerprint density at radius 2 is 1.81 bits per heavy atom. The Labute approximate surface area is 207 Å². The summed E-state index contributed by atoms with van der Waals surface area (Å²) in [6.45, 7) is 0. The van der Waals surface area contributed by atoms with Gasteiger partial charge >= 0.3 is 0 Å². The Kier molecular flexibility index (Phi) is 5.48. The van der Waals surface area contributed by atoms with Crippen LogP contribution in [0.5, 0.6) is 0 Å². The lowest BCUT2D eigenvalue weighted by molar-refractivity contribution is -0.125. The highest BCUT2D eigenvalue weighted by Gasteiger charge is 2.29. The van der Waals surface area contributed by atoms with E-state index in [1.807, 2.05) is 35.0 Å². The van der Waals surface area contributed by atoms with Gasteiger partial charge in [-0.2, -0.15) is 5.10 Å². The van der Waals surface area contributed by atoms with Crippen molar-refractivity contribution in [1.29, 1.82) is 0 Å². The first-order chi connectivity index (χ1) is 17.6. The largest absolute Gasteiger partial charge is 0.383 e. The zero-order valence-corrected chi connectivity index (χ0v) is 19.8. The van der Waals surface area contributed by atoms with Crippen LogP contribution in [0, 0.1) is 5.92 Å². The fourth-order valence-corrected chi connectivity index (χ4v) is 5.06. The van der Waals surface area contributed by atoms with Crippen molar-refractivity contribution in [3.8, 4) is 22.8 Å². The SMILES string of the molecule is CNC(=O)C1CCC(n2nc(-c3ccc4ccc(-c5ncccn5)nc4c3)c3c(N)ncnc32)CC1. The minimum Gasteiger partial charge on any atom is -0.383 e. The number of nitrogens with zero attached hydrogens (tertiary/aromatic N) is 7. The molecule has 5 aromatic rings. The van der Waals surface area contributed by atoms with Crippen LogP contribution in [0.2, 0.25) is 0 Å². The molecule has 1 fully saturated rings. The second-order valence-corrected chi connectivity index (χ2v) is 9.05. The molecule has 6 rings (SSSR count). The van der Waals surface area contributed by atoms with Crippen molar-refractivity contribution in [3.05, 3.63) is 55.1 Å². The molecule has 4 heterocycles. The Bertz CT molecular complexity index is 1570. The molecule has 4 aromatic heterocycles. The number of nitrogens with one attached hydrogen (secondary N) is 1. The van der Waals surface area contributed by atoms with Crippen molar-refractivity contribution >= 4 is 33.7 Å². The third kappa shape index (κ3) is 3.80. The van der Waals surface area contributed by atoms with E-state index in [1.54, 1.807) is 25.5 Å². The summed E-state index contributed by atoms with van der Waals surface area (Å²) in [5.74, 6) is 1.11. The molecule has 1 aliphatic rings. The van der Waals surface area contributed by atoms with Crippen LogP contribution < -0.4 is 11.1 Å². The normalized spacial score (nSPS) is 17.9. The number of pyridine rings is 1. The average molecular weight is 480 g/mol. The maximum absolute atomic E-state index is 12.1. The molecule has 0 atom stereocenters. The van der Waals surface area contributed by atoms with Crippen molar-refractivity contribution in [1.82, 2.24) is 40.0 Å². The molecule has 1 aromatic carbocycles. The lowest BCUT2D eigenvalue weighted by Gasteiger charge is -2.27. The number of benzene rings is 1. The number of amides is 1. The van der Waals surface area contributed by atoms with E-state index in [-0.39, 0.29) is 17.9 Å². The van der Waals surface area contributed by atoms with Gasteiger partial charge in [0.25, 0.3) is 0 Å². The number of carbonyl (C=O) groups excluding carboxylic acids is 1. The van der Waals surface area contributed by atoms with Gasteiger partial charge in [0, 0.05) is 36.3 Å². The van der Waals surface area contributed by atoms with Crippen LogP contribution in [0.4, 0.5) is 5.82 Å². The number of fused-ring (bicyclic) bond motifs is 2. The molecule has 1 saturated carbocycles. The van der Waals surface area contributed by atoms with Gasteiger partial charge < -0.3 is 11.1 Å². The Balaban J connectivity index is 1.42. The van der Waals surface area contributed by atoms with Gasteiger partial charge in [-0.1, -0.05) is 18.2 Å². The Hall–Kier alpha value is -4.47. The van der Waals surface area contributed by atoms with Crippen molar-refractivity contribution in [2.45, 2.75) is 31.7 Å². The molecule has 1 amide bonds. The van der Waals surface area contributed by atoms with Gasteiger partial charge in [-0.3, -0.25) is 4.79 Å². The number of aromatic nitrogens is 7. The molecule has 3 N–H and O–H groups in total. The van der Waals surface area contributed by atoms with Crippen molar-refractivity contribution in [3.63, 3.8) is 0 Å². The molecule has 0 aliphatic heterocycles. The number of carbonyl (C=O) groups is 1. The van der Waals surface area contributed by atoms with Gasteiger partial charge in [-0.05, 0) is 43.9 Å². The number of hydrogen-bond acceptors (Lipinski definition) is 8. The second kappa shape index (κ2) is 8.95. The summed E-state index contributed by atoms with van der Waals surface area (Å²) < 4.78 is 1.97. The maximum atomic E-state index is 12.1. The van der Waals surface area contributed by atoms with E-state index in [1.165, 1.54) is 6.33 Å². The first-order valence-electron chi connectivity index (χ1n) is 12.0. The van der Waals surface area contributed by atoms with E-state index in [9.17, 15) is 4.79 Å². The van der Waals surface area contributed by atoms with Crippen molar-refractivity contribution in [2.24, 2.45) is 5.92 Å². The minimum atomic E-state index is 0.0431. The number of hydrogen-bond donors (Lipinski definition) is 2. The van der Waals surface area contributed by atoms with Crippen LogP contribution in [0.25, 0.3) is 44.7 Å². The third-order valence-electron chi connectivity index (χ3n) is 6.94. The Morgan fingerprint density at radius 3 is 2.58 bits per heavy atom. The quantitative estimate of drug-likeness (QED) is 0.399. The molecule has 180 valence electrons. The molecule has 36 heavy (non-hydrogen) atoms. The number of anilines is 1. The Morgan fingerprint density at radius 1 is 1.03 bits per heavy atom. The van der Waals surface area contributed by atoms with E-state index < -0.39 is 0 Å². The van der Waals surface area contributed by atoms with Crippen LogP contribution in [-0.2, 0) is 4.79 Å². The van der Waals surface area contributed by atoms with E-state index in [4.69, 9.17) is 15.8 Å². The molecular formula is C26H25N9O. The van der Waals surface area contributed by atoms with Gasteiger partial charge in [0.15, 0.2) is 11.5 Å². The van der Waals surface area contributed by atoms with Gasteiger partial charge in [-0.25, -0.2) is 29.6 Å². The predicted molar refractivity (Wildman–Crippen MR) is 137 cm³/mol. The monoisotopic (exact) mass is 479 g/mol. The van der Waals surface area contributed by atoms with Crippen LogP contribution in [0.1, 0.15) is 31.7 Å². The van der Waals surface area contributed by atoms with Crippen LogP contribution in [0.3, 0.4) is 0 Å². The van der Waals surface area contributed by atoms with Gasteiger partial charge in [-0.15, -0.1) is 0 Å². The summed E-state index contributed by atoms with van der Waals surface area (Å²) >= 11 is 0. The highest BCUT2D eigenvalue weighted by Crippen LogP contribution is 2.38. The summed E-state index contributed by atoms with van der Waals surface area (Å²) in [4.78, 5) is 34.3. The van der Waals surface area contributed by atoms with Gasteiger partial charge in [0.05, 0.1) is 16.9 Å². The molecule has 0 bridgehead atoms. The molecule has 0 radical (unpaired) electrons. The predicted octanol–water partition coefficient (Wildman–Crippen LogP) is 3.56. The molecule has 10 heteroatoms. The minimum absolute atomic E-state index is 0.0431. The van der Waals surface area contributed by atoms with Gasteiger partial charge in [0.2, 0.25) is 5.91 Å². The summed E-state index contributed by atoms with van der Waals surface area (Å²) in [5.41, 5.74) is 10.2. The van der Waals surface area contributed by atoms with E-state index in [0.717, 1.165) is 53.2 Å². The van der Waals surface area contributed by atoms with Crippen LogP contribution >= 0.6 is 0 Å². The zero-order valence-electron chi connectivity index (χ0n) is 19.8. The van der Waals surface area contributed by atoms with Gasteiger partial charge in [0.1, 0.15) is 23.5 Å². The molecule has 1 aliphatic carbocycles. The first-order valence-corrected chi connectivity index (χ1v) is 12.0. The van der Waals surface area contributed by atoms with Crippen LogP contribution in [0.15, 0.2) is 55.1 Å². The molecule has 0 unspecified atom stereocenters. The summed E-state index contributed by atoms with van der Waals surface area (Å²) in [5, 5.41) is 9.50. The lowest BCUT2D eigenvalue weighted by Crippen LogP contribution is -2.31. The summed E-state index contributed by atoms with van der Waals surface area (Å²) in [7, 11) is 1.69. The zero-order chi connectivity index (χ0) is 24.6. The topological polar surface area (TPSA) is 137 Å². The van der Waals surface area contributed by atoms with Crippen molar-refractivity contribution < 1.29 is 4.79 Å².